The smallest absolute Gasteiger partial charge is 0.336 e. The van der Waals surface area contributed by atoms with Crippen LogP contribution in [0.1, 0.15) is 93.9 Å². The first-order valence-corrected chi connectivity index (χ1v) is 12.2. The third kappa shape index (κ3) is 4.07. The third-order valence-electron chi connectivity index (χ3n) is 6.83. The minimum atomic E-state index is -0.618. The van der Waals surface area contributed by atoms with E-state index in [-0.39, 0.29) is 29.0 Å². The molecule has 0 bridgehead atoms. The normalized spacial score (nSPS) is 17.8. The fourth-order valence-electron chi connectivity index (χ4n) is 5.11. The predicted octanol–water partition coefficient (Wildman–Crippen LogP) is 6.12. The highest BCUT2D eigenvalue weighted by atomic mass is 16.5. The van der Waals surface area contributed by atoms with Crippen molar-refractivity contribution in [3.63, 3.8) is 0 Å². The number of esters is 1. The highest BCUT2D eigenvalue weighted by Gasteiger charge is 2.43. The molecule has 0 radical (unpaired) electrons. The molecule has 35 heavy (non-hydrogen) atoms. The molecule has 0 saturated heterocycles. The van der Waals surface area contributed by atoms with Crippen LogP contribution in [-0.2, 0) is 20.4 Å². The SMILES string of the molecule is CCOC(=O)C1=C(C)NC2=C(C(=O)c3ccccc32)[C@@H]1c1cc(C(C)(C)C)c(O)c(C(C)(C)C)c1. The van der Waals surface area contributed by atoms with E-state index in [1.165, 1.54) is 0 Å². The summed E-state index contributed by atoms with van der Waals surface area (Å²) in [6.07, 6.45) is 0. The molecule has 5 nitrogen and oxygen atoms in total. The first kappa shape index (κ1) is 24.8. The summed E-state index contributed by atoms with van der Waals surface area (Å²) < 4.78 is 5.46. The summed E-state index contributed by atoms with van der Waals surface area (Å²) >= 11 is 0. The number of carbonyl (C=O) groups excluding carboxylic acids is 2. The molecule has 5 heteroatoms. The second kappa shape index (κ2) is 8.40. The fourth-order valence-corrected chi connectivity index (χ4v) is 5.11. The van der Waals surface area contributed by atoms with Crippen molar-refractivity contribution in [2.24, 2.45) is 0 Å². The molecule has 2 aromatic carbocycles. The van der Waals surface area contributed by atoms with Gasteiger partial charge in [-0.25, -0.2) is 4.79 Å². The van der Waals surface area contributed by atoms with Gasteiger partial charge in [-0.15, -0.1) is 0 Å². The van der Waals surface area contributed by atoms with Gasteiger partial charge in [-0.3, -0.25) is 4.79 Å². The average Bonchev–Trinajstić information content (AvgIpc) is 3.03. The fraction of sp³-hybridized carbons (Fsp3) is 0.400. The molecule has 1 heterocycles. The van der Waals surface area contributed by atoms with Crippen LogP contribution in [0, 0.1) is 0 Å². The lowest BCUT2D eigenvalue weighted by molar-refractivity contribution is -0.138. The van der Waals surface area contributed by atoms with Crippen molar-refractivity contribution in [2.75, 3.05) is 6.61 Å². The summed E-state index contributed by atoms with van der Waals surface area (Å²) in [4.78, 5) is 27.0. The summed E-state index contributed by atoms with van der Waals surface area (Å²) in [7, 11) is 0. The summed E-state index contributed by atoms with van der Waals surface area (Å²) in [5.41, 5.74) is 5.50. The zero-order chi connectivity index (χ0) is 25.9. The number of phenols is 1. The van der Waals surface area contributed by atoms with Crippen molar-refractivity contribution >= 4 is 17.4 Å². The van der Waals surface area contributed by atoms with Crippen LogP contribution >= 0.6 is 0 Å². The van der Waals surface area contributed by atoms with E-state index >= 15 is 0 Å². The number of nitrogens with one attached hydrogen (secondary N) is 1. The van der Waals surface area contributed by atoms with E-state index in [4.69, 9.17) is 4.74 Å². The highest BCUT2D eigenvalue weighted by molar-refractivity contribution is 6.23. The molecular weight excluding hydrogens is 438 g/mol. The van der Waals surface area contributed by atoms with Gasteiger partial charge in [0.05, 0.1) is 17.9 Å². The quantitative estimate of drug-likeness (QED) is 0.526. The number of rotatable bonds is 3. The third-order valence-corrected chi connectivity index (χ3v) is 6.83. The number of carbonyl (C=O) groups is 2. The largest absolute Gasteiger partial charge is 0.507 e. The molecule has 2 N–H and O–H groups in total. The van der Waals surface area contributed by atoms with Crippen LogP contribution in [0.25, 0.3) is 5.70 Å². The molecule has 2 aromatic rings. The van der Waals surface area contributed by atoms with E-state index in [2.05, 4.69) is 46.9 Å². The van der Waals surface area contributed by atoms with Gasteiger partial charge in [0.15, 0.2) is 5.78 Å². The van der Waals surface area contributed by atoms with Crippen LogP contribution in [0.3, 0.4) is 0 Å². The number of Topliss-reactive ketones (excluding diaryl/α,β-unsaturated/α-hetero) is 1. The maximum Gasteiger partial charge on any atom is 0.336 e. The molecule has 0 amide bonds. The lowest BCUT2D eigenvalue weighted by Crippen LogP contribution is -2.30. The number of dihydropyridines is 1. The minimum absolute atomic E-state index is 0.0925. The minimum Gasteiger partial charge on any atom is -0.507 e. The Hall–Kier alpha value is -3.34. The maximum atomic E-state index is 13.8. The molecule has 184 valence electrons. The van der Waals surface area contributed by atoms with Gasteiger partial charge >= 0.3 is 5.97 Å². The van der Waals surface area contributed by atoms with E-state index in [1.807, 2.05) is 43.3 Å². The zero-order valence-corrected chi connectivity index (χ0v) is 21.9. The van der Waals surface area contributed by atoms with Gasteiger partial charge in [0.25, 0.3) is 0 Å². The van der Waals surface area contributed by atoms with Crippen molar-refractivity contribution in [3.8, 4) is 5.75 Å². The first-order valence-electron chi connectivity index (χ1n) is 12.2. The molecule has 1 aliphatic carbocycles. The van der Waals surface area contributed by atoms with E-state index < -0.39 is 11.9 Å². The average molecular weight is 474 g/mol. The zero-order valence-electron chi connectivity index (χ0n) is 21.9. The van der Waals surface area contributed by atoms with E-state index in [0.717, 1.165) is 28.0 Å². The van der Waals surface area contributed by atoms with Crippen molar-refractivity contribution in [3.05, 3.63) is 81.1 Å². The lowest BCUT2D eigenvalue weighted by Gasteiger charge is -2.33. The van der Waals surface area contributed by atoms with Crippen LogP contribution in [0.4, 0.5) is 0 Å². The van der Waals surface area contributed by atoms with Gasteiger partial charge in [-0.05, 0) is 41.4 Å². The van der Waals surface area contributed by atoms with Gasteiger partial charge in [-0.1, -0.05) is 77.9 Å². The van der Waals surface area contributed by atoms with Gasteiger partial charge in [0.1, 0.15) is 5.75 Å². The van der Waals surface area contributed by atoms with Gasteiger partial charge in [0, 0.05) is 28.3 Å². The summed E-state index contributed by atoms with van der Waals surface area (Å²) in [6.45, 7) is 16.2. The summed E-state index contributed by atoms with van der Waals surface area (Å²) in [5.74, 6) is -0.894. The Morgan fingerprint density at radius 3 is 2.06 bits per heavy atom. The predicted molar refractivity (Wildman–Crippen MR) is 138 cm³/mol. The number of hydrogen-bond acceptors (Lipinski definition) is 5. The molecular formula is C30H35NO4. The topological polar surface area (TPSA) is 75.6 Å². The molecule has 1 aliphatic heterocycles. The van der Waals surface area contributed by atoms with Crippen LogP contribution in [-0.4, -0.2) is 23.5 Å². The second-order valence-electron chi connectivity index (χ2n) is 11.4. The van der Waals surface area contributed by atoms with Crippen LogP contribution in [0.2, 0.25) is 0 Å². The lowest BCUT2D eigenvalue weighted by atomic mass is 9.73. The second-order valence-corrected chi connectivity index (χ2v) is 11.4. The number of benzene rings is 2. The molecule has 0 unspecified atom stereocenters. The van der Waals surface area contributed by atoms with E-state index in [1.54, 1.807) is 6.92 Å². The Balaban J connectivity index is 2.05. The first-order chi connectivity index (χ1) is 16.3. The van der Waals surface area contributed by atoms with Crippen molar-refractivity contribution in [1.82, 2.24) is 5.32 Å². The van der Waals surface area contributed by atoms with Crippen LogP contribution in [0.15, 0.2) is 53.2 Å². The molecule has 2 aliphatic rings. The molecule has 1 atom stereocenters. The van der Waals surface area contributed by atoms with E-state index in [9.17, 15) is 14.7 Å². The Labute approximate surface area is 207 Å². The molecule has 0 spiro atoms. The Morgan fingerprint density at radius 1 is 1.00 bits per heavy atom. The van der Waals surface area contributed by atoms with Crippen molar-refractivity contribution in [1.29, 1.82) is 0 Å². The summed E-state index contributed by atoms with van der Waals surface area (Å²) in [6, 6.07) is 11.4. The monoisotopic (exact) mass is 473 g/mol. The Kier molecular flexibility index (Phi) is 5.95. The van der Waals surface area contributed by atoms with E-state index in [0.29, 0.717) is 22.4 Å². The number of phenolic OH excluding ortho intramolecular Hbond substituents is 1. The Bertz CT molecular complexity index is 1260. The molecule has 4 rings (SSSR count). The van der Waals surface area contributed by atoms with Crippen molar-refractivity contribution < 1.29 is 19.4 Å². The highest BCUT2D eigenvalue weighted by Crippen LogP contribution is 2.49. The standard InChI is InChI=1S/C30H35NO4/c1-9-35-28(34)22-16(2)31-25-18-12-10-11-13-19(18)26(32)24(25)23(22)17-14-20(29(3,4)5)27(33)21(15-17)30(6,7)8/h10-15,23,31,33H,9H2,1-8H3/t23-/m1/s1. The van der Waals surface area contributed by atoms with Crippen molar-refractivity contribution in [2.45, 2.75) is 72.1 Å². The maximum absolute atomic E-state index is 13.8. The van der Waals surface area contributed by atoms with Gasteiger partial charge in [-0.2, -0.15) is 0 Å². The summed E-state index contributed by atoms with van der Waals surface area (Å²) in [5, 5.41) is 14.6. The molecule has 0 fully saturated rings. The molecule has 0 saturated carbocycles. The van der Waals surface area contributed by atoms with Gasteiger partial charge in [0.2, 0.25) is 0 Å². The van der Waals surface area contributed by atoms with Crippen LogP contribution in [0.5, 0.6) is 5.75 Å². The molecule has 0 aromatic heterocycles. The number of ketones is 1. The Morgan fingerprint density at radius 2 is 1.54 bits per heavy atom. The number of aromatic hydroxyl groups is 1. The van der Waals surface area contributed by atoms with Crippen LogP contribution < -0.4 is 5.32 Å². The van der Waals surface area contributed by atoms with Gasteiger partial charge < -0.3 is 15.2 Å². The number of fused-ring (bicyclic) bond motifs is 2. The number of hydrogen-bond donors (Lipinski definition) is 2. The number of allylic oxidation sites excluding steroid dienone is 2. The number of ether oxygens (including phenoxy) is 1.